The molecule has 154 valence electrons. The molecule has 2 amide bonds. The Labute approximate surface area is 178 Å². The third-order valence-electron chi connectivity index (χ3n) is 5.25. The Morgan fingerprint density at radius 1 is 1.13 bits per heavy atom. The van der Waals surface area contributed by atoms with E-state index in [1.165, 1.54) is 0 Å². The Hall–Kier alpha value is -3.26. The second-order valence-electron chi connectivity index (χ2n) is 7.31. The zero-order valence-corrected chi connectivity index (χ0v) is 17.6. The van der Waals surface area contributed by atoms with Gasteiger partial charge in [-0.3, -0.25) is 14.2 Å². The van der Waals surface area contributed by atoms with Crippen LogP contribution >= 0.6 is 11.6 Å². The number of anilines is 2. The van der Waals surface area contributed by atoms with Crippen molar-refractivity contribution in [1.82, 2.24) is 19.5 Å². The molecule has 1 aliphatic rings. The summed E-state index contributed by atoms with van der Waals surface area (Å²) in [7, 11) is 0. The van der Waals surface area contributed by atoms with Crippen molar-refractivity contribution in [2.75, 3.05) is 16.8 Å². The van der Waals surface area contributed by atoms with E-state index >= 15 is 0 Å². The van der Waals surface area contributed by atoms with Gasteiger partial charge in [0.05, 0.1) is 29.7 Å². The van der Waals surface area contributed by atoms with Crippen molar-refractivity contribution in [2.24, 2.45) is 5.92 Å². The number of hydrogen-bond donors (Lipinski definition) is 1. The fourth-order valence-electron chi connectivity index (χ4n) is 3.57. The van der Waals surface area contributed by atoms with Gasteiger partial charge in [0.15, 0.2) is 0 Å². The normalized spacial score (nSPS) is 16.2. The summed E-state index contributed by atoms with van der Waals surface area (Å²) >= 11 is 5.91. The summed E-state index contributed by atoms with van der Waals surface area (Å²) in [4.78, 5) is 39.8. The van der Waals surface area contributed by atoms with Gasteiger partial charge in [0.25, 0.3) is 0 Å². The maximum absolute atomic E-state index is 12.7. The summed E-state index contributed by atoms with van der Waals surface area (Å²) in [5.41, 5.74) is 3.10. The Balaban J connectivity index is 1.44. The lowest BCUT2D eigenvalue weighted by Crippen LogP contribution is -2.28. The van der Waals surface area contributed by atoms with E-state index in [1.807, 2.05) is 25.3 Å². The van der Waals surface area contributed by atoms with Crippen LogP contribution in [-0.2, 0) is 9.59 Å². The molecule has 0 saturated carbocycles. The van der Waals surface area contributed by atoms with Gasteiger partial charge >= 0.3 is 0 Å². The minimum absolute atomic E-state index is 0.0921. The molecule has 3 aromatic rings. The minimum Gasteiger partial charge on any atom is -0.323 e. The maximum atomic E-state index is 12.7. The third-order valence-corrected chi connectivity index (χ3v) is 5.50. The molecule has 1 saturated heterocycles. The summed E-state index contributed by atoms with van der Waals surface area (Å²) in [6, 6.07) is 6.99. The van der Waals surface area contributed by atoms with Gasteiger partial charge in [0, 0.05) is 29.4 Å². The number of nitrogens with zero attached hydrogens (tertiary/aromatic N) is 5. The first-order chi connectivity index (χ1) is 14.3. The number of halogens is 1. The molecule has 0 aliphatic carbocycles. The Morgan fingerprint density at radius 3 is 2.40 bits per heavy atom. The van der Waals surface area contributed by atoms with Crippen LogP contribution in [0.15, 0.2) is 36.7 Å². The van der Waals surface area contributed by atoms with Crippen molar-refractivity contribution in [1.29, 1.82) is 0 Å². The standard InChI is InChI=1S/C21H21ClN6O2/c1-12-13(2)28(14(3)25-12)21-23-9-17(10-24-21)26-20(30)15-8-19(29)27(11-15)18-6-4-16(22)5-7-18/h4-7,9-10,15H,8,11H2,1-3H3,(H,26,30). The van der Waals surface area contributed by atoms with Crippen LogP contribution in [0.1, 0.15) is 23.6 Å². The van der Waals surface area contributed by atoms with E-state index in [1.54, 1.807) is 41.6 Å². The van der Waals surface area contributed by atoms with Gasteiger partial charge in [-0.25, -0.2) is 15.0 Å². The van der Waals surface area contributed by atoms with Gasteiger partial charge < -0.3 is 10.2 Å². The molecular formula is C21H21ClN6O2. The van der Waals surface area contributed by atoms with Crippen LogP contribution < -0.4 is 10.2 Å². The second-order valence-corrected chi connectivity index (χ2v) is 7.74. The number of amides is 2. The molecule has 9 heteroatoms. The lowest BCUT2D eigenvalue weighted by Gasteiger charge is -2.16. The van der Waals surface area contributed by atoms with E-state index in [0.29, 0.717) is 23.2 Å². The zero-order chi connectivity index (χ0) is 21.4. The van der Waals surface area contributed by atoms with Gasteiger partial charge in [-0.2, -0.15) is 0 Å². The molecule has 1 atom stereocenters. The van der Waals surface area contributed by atoms with Gasteiger partial charge in [-0.1, -0.05) is 11.6 Å². The molecule has 1 fully saturated rings. The fraction of sp³-hybridized carbons (Fsp3) is 0.286. The van der Waals surface area contributed by atoms with Crippen molar-refractivity contribution < 1.29 is 9.59 Å². The fourth-order valence-corrected chi connectivity index (χ4v) is 3.70. The molecule has 8 nitrogen and oxygen atoms in total. The lowest BCUT2D eigenvalue weighted by atomic mass is 10.1. The van der Waals surface area contributed by atoms with Crippen LogP contribution in [-0.4, -0.2) is 37.9 Å². The number of rotatable bonds is 4. The van der Waals surface area contributed by atoms with Crippen LogP contribution in [0.3, 0.4) is 0 Å². The van der Waals surface area contributed by atoms with Crippen LogP contribution in [0.4, 0.5) is 11.4 Å². The zero-order valence-electron chi connectivity index (χ0n) is 16.9. The molecule has 1 aliphatic heterocycles. The molecular weight excluding hydrogens is 404 g/mol. The molecule has 2 aromatic heterocycles. The van der Waals surface area contributed by atoms with Crippen molar-refractivity contribution in [3.63, 3.8) is 0 Å². The first-order valence-corrected chi connectivity index (χ1v) is 9.93. The van der Waals surface area contributed by atoms with E-state index in [0.717, 1.165) is 22.9 Å². The number of aryl methyl sites for hydroxylation is 2. The van der Waals surface area contributed by atoms with Gasteiger partial charge in [-0.05, 0) is 45.0 Å². The smallest absolute Gasteiger partial charge is 0.235 e. The largest absolute Gasteiger partial charge is 0.323 e. The molecule has 0 radical (unpaired) electrons. The van der Waals surface area contributed by atoms with Crippen molar-refractivity contribution in [3.05, 3.63) is 58.9 Å². The predicted molar refractivity (Wildman–Crippen MR) is 114 cm³/mol. The Bertz CT molecular complexity index is 1110. The van der Waals surface area contributed by atoms with Crippen LogP contribution in [0.5, 0.6) is 0 Å². The number of hydrogen-bond acceptors (Lipinski definition) is 5. The summed E-state index contributed by atoms with van der Waals surface area (Å²) < 4.78 is 1.86. The molecule has 1 N–H and O–H groups in total. The maximum Gasteiger partial charge on any atom is 0.235 e. The second kappa shape index (κ2) is 7.87. The van der Waals surface area contributed by atoms with Crippen molar-refractivity contribution in [3.8, 4) is 5.95 Å². The number of aromatic nitrogens is 4. The highest BCUT2D eigenvalue weighted by atomic mass is 35.5. The lowest BCUT2D eigenvalue weighted by molar-refractivity contribution is -0.122. The third kappa shape index (κ3) is 3.78. The molecule has 1 unspecified atom stereocenters. The number of carbonyl (C=O) groups is 2. The molecule has 0 bridgehead atoms. The average molecular weight is 425 g/mol. The van der Waals surface area contributed by atoms with Crippen molar-refractivity contribution >= 4 is 34.8 Å². The first-order valence-electron chi connectivity index (χ1n) is 9.55. The topological polar surface area (TPSA) is 93.0 Å². The number of nitrogens with one attached hydrogen (secondary N) is 1. The highest BCUT2D eigenvalue weighted by Crippen LogP contribution is 2.27. The van der Waals surface area contributed by atoms with E-state index < -0.39 is 5.92 Å². The molecule has 0 spiro atoms. The van der Waals surface area contributed by atoms with Crippen molar-refractivity contribution in [2.45, 2.75) is 27.2 Å². The highest BCUT2D eigenvalue weighted by Gasteiger charge is 2.35. The summed E-state index contributed by atoms with van der Waals surface area (Å²) in [6.07, 6.45) is 3.27. The minimum atomic E-state index is -0.450. The quantitative estimate of drug-likeness (QED) is 0.694. The SMILES string of the molecule is Cc1nc(C)n(-c2ncc(NC(=O)C3CC(=O)N(c4ccc(Cl)cc4)C3)cn2)c1C. The summed E-state index contributed by atoms with van der Waals surface area (Å²) in [5, 5.41) is 3.41. The van der Waals surface area contributed by atoms with Crippen LogP contribution in [0.2, 0.25) is 5.02 Å². The number of benzene rings is 1. The number of carbonyl (C=O) groups excluding carboxylic acids is 2. The van der Waals surface area contributed by atoms with Crippen LogP contribution in [0, 0.1) is 26.7 Å². The highest BCUT2D eigenvalue weighted by molar-refractivity contribution is 6.30. The number of imidazole rings is 1. The molecule has 4 rings (SSSR count). The van der Waals surface area contributed by atoms with Gasteiger partial charge in [-0.15, -0.1) is 0 Å². The van der Waals surface area contributed by atoms with Crippen LogP contribution in [0.25, 0.3) is 5.95 Å². The van der Waals surface area contributed by atoms with E-state index in [9.17, 15) is 9.59 Å². The van der Waals surface area contributed by atoms with Gasteiger partial charge in [0.1, 0.15) is 5.82 Å². The monoisotopic (exact) mass is 424 g/mol. The average Bonchev–Trinajstić information content (AvgIpc) is 3.22. The molecule has 3 heterocycles. The summed E-state index contributed by atoms with van der Waals surface area (Å²) in [6.45, 7) is 6.10. The van der Waals surface area contributed by atoms with E-state index in [2.05, 4.69) is 20.3 Å². The van der Waals surface area contributed by atoms with E-state index in [4.69, 9.17) is 11.6 Å². The Morgan fingerprint density at radius 2 is 1.80 bits per heavy atom. The van der Waals surface area contributed by atoms with E-state index in [-0.39, 0.29) is 18.2 Å². The van der Waals surface area contributed by atoms with Gasteiger partial charge in [0.2, 0.25) is 17.8 Å². The molecule has 30 heavy (non-hydrogen) atoms. The first kappa shape index (κ1) is 20.0. The summed E-state index contributed by atoms with van der Waals surface area (Å²) in [5.74, 6) is 0.517. The molecule has 1 aromatic carbocycles. The Kier molecular flexibility index (Phi) is 5.26. The predicted octanol–water partition coefficient (Wildman–Crippen LogP) is 3.23.